The Morgan fingerprint density at radius 2 is 2.03 bits per heavy atom. The maximum Gasteiger partial charge on any atom is 0.272 e. The normalized spacial score (nSPS) is 16.5. The Morgan fingerprint density at radius 3 is 2.80 bits per heavy atom. The summed E-state index contributed by atoms with van der Waals surface area (Å²) in [5.74, 6) is 0.494. The summed E-state index contributed by atoms with van der Waals surface area (Å²) in [6.07, 6.45) is 0.307. The van der Waals surface area contributed by atoms with Gasteiger partial charge in [-0.15, -0.1) is 11.3 Å². The van der Waals surface area contributed by atoms with Crippen LogP contribution in [0.4, 0.5) is 5.69 Å². The smallest absolute Gasteiger partial charge is 0.272 e. The number of nitrogens with one attached hydrogen (secondary N) is 1. The van der Waals surface area contributed by atoms with Gasteiger partial charge >= 0.3 is 0 Å². The number of aromatic nitrogens is 3. The average molecular weight is 420 g/mol. The van der Waals surface area contributed by atoms with E-state index < -0.39 is 0 Å². The van der Waals surface area contributed by atoms with Crippen molar-refractivity contribution in [2.24, 2.45) is 0 Å². The monoisotopic (exact) mass is 420 g/mol. The lowest BCUT2D eigenvalue weighted by Crippen LogP contribution is -2.25. The Balaban J connectivity index is 1.53. The fourth-order valence-electron chi connectivity index (χ4n) is 4.03. The molecule has 1 aromatic carbocycles. The number of H-pyrrole nitrogens is 1. The van der Waals surface area contributed by atoms with E-state index in [1.165, 1.54) is 10.6 Å². The molecule has 152 valence electrons. The number of hydrogen-bond acceptors (Lipinski definition) is 5. The molecule has 0 bridgehead atoms. The van der Waals surface area contributed by atoms with Crippen molar-refractivity contribution in [3.63, 3.8) is 0 Å². The van der Waals surface area contributed by atoms with E-state index in [2.05, 4.69) is 5.10 Å². The third-order valence-corrected chi connectivity index (χ3v) is 6.45. The first-order chi connectivity index (χ1) is 14.6. The lowest BCUT2D eigenvalue weighted by Gasteiger charge is -2.19. The van der Waals surface area contributed by atoms with Gasteiger partial charge < -0.3 is 9.64 Å². The highest BCUT2D eigenvalue weighted by atomic mass is 32.1. The zero-order valence-corrected chi connectivity index (χ0v) is 17.4. The van der Waals surface area contributed by atoms with E-state index in [1.54, 1.807) is 23.3 Å². The van der Waals surface area contributed by atoms with E-state index in [-0.39, 0.29) is 17.4 Å². The molecule has 3 aromatic heterocycles. The van der Waals surface area contributed by atoms with Gasteiger partial charge in [0.25, 0.3) is 5.56 Å². The van der Waals surface area contributed by atoms with E-state index in [0.717, 1.165) is 21.8 Å². The minimum atomic E-state index is -0.177. The highest BCUT2D eigenvalue weighted by Crippen LogP contribution is 2.36. The van der Waals surface area contributed by atoms with Crippen molar-refractivity contribution >= 4 is 28.6 Å². The van der Waals surface area contributed by atoms with Gasteiger partial charge in [-0.1, -0.05) is 18.2 Å². The molecule has 0 radical (unpaired) electrons. The molecule has 30 heavy (non-hydrogen) atoms. The number of hydrogen-bond donors (Lipinski definition) is 1. The third kappa shape index (κ3) is 2.91. The summed E-state index contributed by atoms with van der Waals surface area (Å²) in [7, 11) is 1.59. The summed E-state index contributed by atoms with van der Waals surface area (Å²) in [4.78, 5) is 33.1. The predicted molar refractivity (Wildman–Crippen MR) is 117 cm³/mol. The Morgan fingerprint density at radius 1 is 1.20 bits per heavy atom. The second kappa shape index (κ2) is 7.14. The largest absolute Gasteiger partial charge is 0.495 e. The van der Waals surface area contributed by atoms with Crippen LogP contribution in [0.1, 0.15) is 23.6 Å². The Bertz CT molecular complexity index is 1310. The summed E-state index contributed by atoms with van der Waals surface area (Å²) < 4.78 is 6.89. The number of aromatic amines is 1. The van der Waals surface area contributed by atoms with Crippen molar-refractivity contribution < 1.29 is 9.53 Å². The van der Waals surface area contributed by atoms with Gasteiger partial charge in [0, 0.05) is 30.5 Å². The predicted octanol–water partition coefficient (Wildman–Crippen LogP) is 3.59. The number of ether oxygens (including phenoxy) is 1. The fourth-order valence-corrected chi connectivity index (χ4v) is 4.81. The van der Waals surface area contributed by atoms with Crippen LogP contribution in [0.15, 0.2) is 52.6 Å². The molecular weight excluding hydrogens is 400 g/mol. The number of thiophene rings is 1. The summed E-state index contributed by atoms with van der Waals surface area (Å²) in [5.41, 5.74) is 3.62. The van der Waals surface area contributed by atoms with Crippen LogP contribution in [0.5, 0.6) is 5.75 Å². The molecule has 0 aliphatic carbocycles. The molecule has 5 rings (SSSR count). The number of anilines is 1. The van der Waals surface area contributed by atoms with Crippen LogP contribution in [-0.4, -0.2) is 34.2 Å². The van der Waals surface area contributed by atoms with Gasteiger partial charge in [-0.3, -0.25) is 14.7 Å². The number of aryl methyl sites for hydroxylation is 1. The van der Waals surface area contributed by atoms with E-state index in [4.69, 9.17) is 9.72 Å². The van der Waals surface area contributed by atoms with Crippen LogP contribution >= 0.6 is 11.3 Å². The number of carbonyl (C=O) groups excluding carboxylic acids is 1. The molecule has 1 amide bonds. The van der Waals surface area contributed by atoms with Crippen LogP contribution in [-0.2, 0) is 4.79 Å². The van der Waals surface area contributed by atoms with Crippen LogP contribution < -0.4 is 15.2 Å². The maximum atomic E-state index is 12.8. The maximum absolute atomic E-state index is 12.8. The Hall–Kier alpha value is -3.39. The highest BCUT2D eigenvalue weighted by molar-refractivity contribution is 7.13. The molecule has 0 unspecified atom stereocenters. The van der Waals surface area contributed by atoms with Gasteiger partial charge in [-0.05, 0) is 30.5 Å². The Labute approximate surface area is 176 Å². The fraction of sp³-hybridized carbons (Fsp3) is 0.227. The molecule has 4 aromatic rings. The SMILES string of the molecule is COc1ccccc1N1C[C@H](c2cc(=O)n3[nH]c(-c4cccs4)c(C)c3n2)CC1=O. The third-order valence-electron chi connectivity index (χ3n) is 5.56. The first-order valence-corrected chi connectivity index (χ1v) is 10.5. The lowest BCUT2D eigenvalue weighted by molar-refractivity contribution is -0.117. The zero-order chi connectivity index (χ0) is 20.8. The number of rotatable bonds is 4. The van der Waals surface area contributed by atoms with Gasteiger partial charge in [0.2, 0.25) is 5.91 Å². The summed E-state index contributed by atoms with van der Waals surface area (Å²) in [5, 5.41) is 5.17. The Kier molecular flexibility index (Phi) is 4.43. The second-order valence-electron chi connectivity index (χ2n) is 7.34. The van der Waals surface area contributed by atoms with E-state index in [0.29, 0.717) is 30.1 Å². The second-order valence-corrected chi connectivity index (χ2v) is 8.29. The van der Waals surface area contributed by atoms with Crippen molar-refractivity contribution in [2.45, 2.75) is 19.3 Å². The van der Waals surface area contributed by atoms with Crippen LogP contribution in [0.2, 0.25) is 0 Å². The molecule has 0 spiro atoms. The van der Waals surface area contributed by atoms with Gasteiger partial charge in [0.1, 0.15) is 5.75 Å². The van der Waals surface area contributed by atoms with Gasteiger partial charge in [-0.25, -0.2) is 9.50 Å². The van der Waals surface area contributed by atoms with Crippen molar-refractivity contribution in [3.8, 4) is 16.3 Å². The van der Waals surface area contributed by atoms with Crippen LogP contribution in [0, 0.1) is 6.92 Å². The molecule has 1 aliphatic rings. The number of nitrogens with zero attached hydrogens (tertiary/aromatic N) is 3. The topological polar surface area (TPSA) is 79.7 Å². The van der Waals surface area contributed by atoms with Gasteiger partial charge in [0.15, 0.2) is 5.65 Å². The van der Waals surface area contributed by atoms with Crippen molar-refractivity contribution in [1.82, 2.24) is 14.6 Å². The van der Waals surface area contributed by atoms with Crippen LogP contribution in [0.3, 0.4) is 0 Å². The molecule has 1 fully saturated rings. The van der Waals surface area contributed by atoms with Crippen molar-refractivity contribution in [3.05, 3.63) is 69.5 Å². The average Bonchev–Trinajstić information content (AvgIpc) is 3.48. The molecule has 8 heteroatoms. The molecule has 7 nitrogen and oxygen atoms in total. The number of benzene rings is 1. The summed E-state index contributed by atoms with van der Waals surface area (Å²) in [6.45, 7) is 2.42. The molecule has 4 heterocycles. The summed E-state index contributed by atoms with van der Waals surface area (Å²) >= 11 is 1.60. The zero-order valence-electron chi connectivity index (χ0n) is 16.6. The minimum absolute atomic E-state index is 0.00318. The molecular formula is C22H20N4O3S. The number of carbonyl (C=O) groups is 1. The first kappa shape index (κ1) is 18.6. The molecule has 0 saturated carbocycles. The van der Waals surface area contributed by atoms with Gasteiger partial charge in [-0.2, -0.15) is 0 Å². The summed E-state index contributed by atoms with van der Waals surface area (Å²) in [6, 6.07) is 13.0. The number of para-hydroxylation sites is 2. The number of fused-ring (bicyclic) bond motifs is 1. The van der Waals surface area contributed by atoms with Gasteiger partial charge in [0.05, 0.1) is 29.1 Å². The molecule has 1 N–H and O–H groups in total. The lowest BCUT2D eigenvalue weighted by atomic mass is 10.0. The first-order valence-electron chi connectivity index (χ1n) is 9.66. The molecule has 1 saturated heterocycles. The highest BCUT2D eigenvalue weighted by Gasteiger charge is 2.34. The van der Waals surface area contributed by atoms with Crippen molar-refractivity contribution in [1.29, 1.82) is 0 Å². The number of amides is 1. The van der Waals surface area contributed by atoms with Crippen molar-refractivity contribution in [2.75, 3.05) is 18.6 Å². The standard InChI is InChI=1S/C22H20N4O3S/c1-13-21(18-8-5-9-30-18)24-26-20(28)11-15(23-22(13)26)14-10-19(27)25(12-14)16-6-3-4-7-17(16)29-2/h3-9,11,14,24H,10,12H2,1-2H3/t14-/m1/s1. The molecule has 1 aliphatic heterocycles. The van der Waals surface area contributed by atoms with Crippen LogP contribution in [0.25, 0.3) is 16.2 Å². The van der Waals surface area contributed by atoms with E-state index in [9.17, 15) is 9.59 Å². The van der Waals surface area contributed by atoms with E-state index in [1.807, 2.05) is 48.7 Å². The molecule has 1 atom stereocenters. The quantitative estimate of drug-likeness (QED) is 0.547. The number of methoxy groups -OCH3 is 1. The minimum Gasteiger partial charge on any atom is -0.495 e. The van der Waals surface area contributed by atoms with E-state index >= 15 is 0 Å².